The highest BCUT2D eigenvalue weighted by molar-refractivity contribution is 5.76. The molecule has 98 valence electrons. The molecule has 0 bridgehead atoms. The van der Waals surface area contributed by atoms with Crippen LogP contribution in [0.2, 0.25) is 0 Å². The van der Waals surface area contributed by atoms with E-state index in [1.807, 2.05) is 7.05 Å². The van der Waals surface area contributed by atoms with Crippen molar-refractivity contribution in [3.8, 4) is 0 Å². The predicted molar refractivity (Wildman–Crippen MR) is 64.8 cm³/mol. The lowest BCUT2D eigenvalue weighted by molar-refractivity contribution is -0.183. The molecule has 0 aromatic rings. The monoisotopic (exact) mass is 241 g/mol. The Kier molecular flexibility index (Phi) is 3.46. The fourth-order valence-corrected chi connectivity index (χ4v) is 3.50. The Balaban J connectivity index is 2.23. The van der Waals surface area contributed by atoms with E-state index in [0.717, 1.165) is 32.4 Å². The standard InChI is InChI=1S/C13H23NO3/c1-14-9-7-13(17,8-10-14)12(11(15)16)5-3-2-4-6-12/h17H,2-10H2,1H3,(H,15,16). The number of carbonyl (C=O) groups is 1. The Morgan fingerprint density at radius 3 is 2.06 bits per heavy atom. The summed E-state index contributed by atoms with van der Waals surface area (Å²) in [5.41, 5.74) is -1.88. The first-order chi connectivity index (χ1) is 8.00. The zero-order chi connectivity index (χ0) is 12.5. The molecular formula is C13H23NO3. The number of likely N-dealkylation sites (tertiary alicyclic amines) is 1. The summed E-state index contributed by atoms with van der Waals surface area (Å²) in [4.78, 5) is 13.8. The van der Waals surface area contributed by atoms with Crippen LogP contribution in [0.1, 0.15) is 44.9 Å². The summed E-state index contributed by atoms with van der Waals surface area (Å²) in [5, 5.41) is 20.4. The van der Waals surface area contributed by atoms with Crippen LogP contribution in [-0.4, -0.2) is 46.8 Å². The SMILES string of the molecule is CN1CCC(O)(C2(C(=O)O)CCCCC2)CC1. The highest BCUT2D eigenvalue weighted by Gasteiger charge is 2.56. The van der Waals surface area contributed by atoms with Crippen molar-refractivity contribution in [2.75, 3.05) is 20.1 Å². The maximum atomic E-state index is 11.7. The van der Waals surface area contributed by atoms with Gasteiger partial charge in [0, 0.05) is 13.1 Å². The first-order valence-electron chi connectivity index (χ1n) is 6.65. The van der Waals surface area contributed by atoms with Gasteiger partial charge >= 0.3 is 5.97 Å². The van der Waals surface area contributed by atoms with Crippen LogP contribution >= 0.6 is 0 Å². The molecule has 0 spiro atoms. The van der Waals surface area contributed by atoms with E-state index in [1.165, 1.54) is 0 Å². The highest BCUT2D eigenvalue weighted by Crippen LogP contribution is 2.49. The topological polar surface area (TPSA) is 60.8 Å². The van der Waals surface area contributed by atoms with Crippen LogP contribution in [0.5, 0.6) is 0 Å². The van der Waals surface area contributed by atoms with Crippen molar-refractivity contribution >= 4 is 5.97 Å². The lowest BCUT2D eigenvalue weighted by atomic mass is 9.60. The Morgan fingerprint density at radius 2 is 1.59 bits per heavy atom. The van der Waals surface area contributed by atoms with E-state index in [4.69, 9.17) is 0 Å². The Bertz CT molecular complexity index is 289. The molecule has 2 aliphatic rings. The normalized spacial score (nSPS) is 28.8. The maximum Gasteiger partial charge on any atom is 0.312 e. The largest absolute Gasteiger partial charge is 0.481 e. The summed E-state index contributed by atoms with van der Waals surface area (Å²) >= 11 is 0. The number of nitrogens with zero attached hydrogens (tertiary/aromatic N) is 1. The van der Waals surface area contributed by atoms with Crippen molar-refractivity contribution in [1.82, 2.24) is 4.90 Å². The van der Waals surface area contributed by atoms with Gasteiger partial charge in [0.25, 0.3) is 0 Å². The van der Waals surface area contributed by atoms with Crippen molar-refractivity contribution < 1.29 is 15.0 Å². The van der Waals surface area contributed by atoms with Crippen LogP contribution in [-0.2, 0) is 4.79 Å². The molecule has 2 fully saturated rings. The molecule has 4 nitrogen and oxygen atoms in total. The summed E-state index contributed by atoms with van der Waals surface area (Å²) in [6.45, 7) is 1.59. The average Bonchev–Trinajstić information content (AvgIpc) is 2.34. The number of aliphatic hydroxyl groups is 1. The molecule has 1 aliphatic heterocycles. The smallest absolute Gasteiger partial charge is 0.312 e. The van der Waals surface area contributed by atoms with E-state index in [9.17, 15) is 15.0 Å². The van der Waals surface area contributed by atoms with Crippen molar-refractivity contribution in [2.45, 2.75) is 50.5 Å². The van der Waals surface area contributed by atoms with Gasteiger partial charge in [-0.15, -0.1) is 0 Å². The third-order valence-electron chi connectivity index (χ3n) is 4.82. The molecule has 0 amide bonds. The summed E-state index contributed by atoms with van der Waals surface area (Å²) in [6, 6.07) is 0. The minimum Gasteiger partial charge on any atom is -0.481 e. The highest BCUT2D eigenvalue weighted by atomic mass is 16.4. The number of rotatable bonds is 2. The van der Waals surface area contributed by atoms with Gasteiger partial charge in [-0.2, -0.15) is 0 Å². The quantitative estimate of drug-likeness (QED) is 0.768. The molecule has 0 aromatic carbocycles. The third-order valence-corrected chi connectivity index (χ3v) is 4.82. The molecular weight excluding hydrogens is 218 g/mol. The number of carboxylic acids is 1. The Hall–Kier alpha value is -0.610. The second-order valence-electron chi connectivity index (χ2n) is 5.78. The molecule has 1 aliphatic carbocycles. The molecule has 1 saturated carbocycles. The average molecular weight is 241 g/mol. The third kappa shape index (κ3) is 2.08. The number of piperidine rings is 1. The van der Waals surface area contributed by atoms with Crippen molar-refractivity contribution in [2.24, 2.45) is 5.41 Å². The van der Waals surface area contributed by atoms with Crippen LogP contribution in [0.4, 0.5) is 0 Å². The molecule has 0 atom stereocenters. The molecule has 0 radical (unpaired) electrons. The molecule has 0 aromatic heterocycles. The molecule has 2 rings (SSSR count). The molecule has 1 saturated heterocycles. The van der Waals surface area contributed by atoms with Crippen LogP contribution in [0.25, 0.3) is 0 Å². The Labute approximate surface area is 103 Å². The van der Waals surface area contributed by atoms with E-state index < -0.39 is 17.0 Å². The van der Waals surface area contributed by atoms with Gasteiger partial charge < -0.3 is 15.1 Å². The Morgan fingerprint density at radius 1 is 1.06 bits per heavy atom. The first kappa shape index (κ1) is 12.8. The molecule has 17 heavy (non-hydrogen) atoms. The molecule has 4 heteroatoms. The van der Waals surface area contributed by atoms with Crippen molar-refractivity contribution in [3.63, 3.8) is 0 Å². The first-order valence-corrected chi connectivity index (χ1v) is 6.65. The fourth-order valence-electron chi connectivity index (χ4n) is 3.50. The number of carboxylic acid groups (broad SMARTS) is 1. The van der Waals surface area contributed by atoms with Crippen LogP contribution in [0, 0.1) is 5.41 Å². The zero-order valence-corrected chi connectivity index (χ0v) is 10.6. The number of hydrogen-bond acceptors (Lipinski definition) is 3. The van der Waals surface area contributed by atoms with E-state index >= 15 is 0 Å². The van der Waals surface area contributed by atoms with E-state index in [-0.39, 0.29) is 0 Å². The van der Waals surface area contributed by atoms with Crippen LogP contribution in [0.3, 0.4) is 0 Å². The molecule has 1 heterocycles. The van der Waals surface area contributed by atoms with E-state index in [2.05, 4.69) is 4.90 Å². The fraction of sp³-hybridized carbons (Fsp3) is 0.923. The van der Waals surface area contributed by atoms with Crippen LogP contribution in [0.15, 0.2) is 0 Å². The summed E-state index contributed by atoms with van der Waals surface area (Å²) < 4.78 is 0. The summed E-state index contributed by atoms with van der Waals surface area (Å²) in [5.74, 6) is -0.788. The zero-order valence-electron chi connectivity index (χ0n) is 10.6. The minimum atomic E-state index is -0.994. The van der Waals surface area contributed by atoms with Crippen LogP contribution < -0.4 is 0 Å². The predicted octanol–water partition coefficient (Wildman–Crippen LogP) is 1.48. The van der Waals surface area contributed by atoms with E-state index in [1.54, 1.807) is 0 Å². The van der Waals surface area contributed by atoms with Gasteiger partial charge in [0.15, 0.2) is 0 Å². The van der Waals surface area contributed by atoms with Gasteiger partial charge in [-0.25, -0.2) is 0 Å². The summed E-state index contributed by atoms with van der Waals surface area (Å²) in [7, 11) is 2.02. The lowest BCUT2D eigenvalue weighted by Crippen LogP contribution is -2.58. The molecule has 0 unspecified atom stereocenters. The van der Waals surface area contributed by atoms with Gasteiger partial charge in [-0.1, -0.05) is 19.3 Å². The van der Waals surface area contributed by atoms with Gasteiger partial charge in [0.05, 0.1) is 11.0 Å². The van der Waals surface area contributed by atoms with Gasteiger partial charge in [0.2, 0.25) is 0 Å². The van der Waals surface area contributed by atoms with Crippen molar-refractivity contribution in [1.29, 1.82) is 0 Å². The number of aliphatic carboxylic acids is 1. The molecule has 2 N–H and O–H groups in total. The second kappa shape index (κ2) is 4.58. The number of hydrogen-bond donors (Lipinski definition) is 2. The second-order valence-corrected chi connectivity index (χ2v) is 5.78. The van der Waals surface area contributed by atoms with Gasteiger partial charge in [-0.3, -0.25) is 4.79 Å². The lowest BCUT2D eigenvalue weighted by Gasteiger charge is -2.49. The van der Waals surface area contributed by atoms with Gasteiger partial charge in [0.1, 0.15) is 0 Å². The maximum absolute atomic E-state index is 11.7. The van der Waals surface area contributed by atoms with E-state index in [0.29, 0.717) is 25.7 Å². The summed E-state index contributed by atoms with van der Waals surface area (Å²) in [6.07, 6.45) is 5.44. The van der Waals surface area contributed by atoms with Gasteiger partial charge in [-0.05, 0) is 32.7 Å². The van der Waals surface area contributed by atoms with Crippen molar-refractivity contribution in [3.05, 3.63) is 0 Å². The minimum absolute atomic E-state index is 0.593.